The topological polar surface area (TPSA) is 26.3 Å². The highest BCUT2D eigenvalue weighted by molar-refractivity contribution is 5.92. The Morgan fingerprint density at radius 1 is 1.00 bits per heavy atom. The Morgan fingerprint density at radius 3 is 2.43 bits per heavy atom. The summed E-state index contributed by atoms with van der Waals surface area (Å²) in [5, 5.41) is 0. The molecular formula is C17H12F2O2. The molecule has 0 spiro atoms. The SMILES string of the molecule is C=C1C(=O)O[C@H](c2cccc(F)c2F)[C@@H]1c1ccccc1. The number of halogens is 2. The Hall–Kier alpha value is -2.49. The molecular weight excluding hydrogens is 274 g/mol. The van der Waals surface area contributed by atoms with Crippen molar-refractivity contribution >= 4 is 5.97 Å². The molecule has 0 unspecified atom stereocenters. The van der Waals surface area contributed by atoms with Crippen molar-refractivity contribution in [1.29, 1.82) is 0 Å². The van der Waals surface area contributed by atoms with Gasteiger partial charge in [-0.05, 0) is 11.6 Å². The van der Waals surface area contributed by atoms with Crippen LogP contribution in [0.5, 0.6) is 0 Å². The van der Waals surface area contributed by atoms with Crippen LogP contribution in [0.1, 0.15) is 23.1 Å². The molecule has 4 heteroatoms. The predicted octanol–water partition coefficient (Wildman–Crippen LogP) is 3.90. The van der Waals surface area contributed by atoms with E-state index in [1.807, 2.05) is 30.3 Å². The van der Waals surface area contributed by atoms with Crippen LogP contribution in [0.3, 0.4) is 0 Å². The molecule has 2 atom stereocenters. The van der Waals surface area contributed by atoms with Crippen molar-refractivity contribution in [3.8, 4) is 0 Å². The molecule has 0 bridgehead atoms. The van der Waals surface area contributed by atoms with Crippen LogP contribution >= 0.6 is 0 Å². The van der Waals surface area contributed by atoms with Crippen molar-refractivity contribution < 1.29 is 18.3 Å². The van der Waals surface area contributed by atoms with Crippen molar-refractivity contribution in [3.63, 3.8) is 0 Å². The van der Waals surface area contributed by atoms with Crippen molar-refractivity contribution in [2.75, 3.05) is 0 Å². The van der Waals surface area contributed by atoms with E-state index >= 15 is 0 Å². The van der Waals surface area contributed by atoms with Gasteiger partial charge in [0.05, 0.1) is 5.92 Å². The summed E-state index contributed by atoms with van der Waals surface area (Å²) in [4.78, 5) is 11.8. The van der Waals surface area contributed by atoms with E-state index < -0.39 is 29.6 Å². The average Bonchev–Trinajstić information content (AvgIpc) is 2.78. The highest BCUT2D eigenvalue weighted by Gasteiger charge is 2.42. The smallest absolute Gasteiger partial charge is 0.334 e. The van der Waals surface area contributed by atoms with Crippen LogP contribution in [0.25, 0.3) is 0 Å². The van der Waals surface area contributed by atoms with Crippen molar-refractivity contribution in [2.24, 2.45) is 0 Å². The zero-order valence-electron chi connectivity index (χ0n) is 11.1. The first-order chi connectivity index (χ1) is 10.1. The summed E-state index contributed by atoms with van der Waals surface area (Å²) in [6, 6.07) is 12.9. The lowest BCUT2D eigenvalue weighted by molar-refractivity contribution is -0.139. The number of rotatable bonds is 2. The highest BCUT2D eigenvalue weighted by Crippen LogP contribution is 2.45. The summed E-state index contributed by atoms with van der Waals surface area (Å²) in [5.41, 5.74) is 1.05. The number of ether oxygens (including phenoxy) is 1. The molecule has 3 rings (SSSR count). The second kappa shape index (κ2) is 5.13. The Labute approximate surface area is 120 Å². The minimum Gasteiger partial charge on any atom is -0.453 e. The van der Waals surface area contributed by atoms with E-state index in [0.29, 0.717) is 0 Å². The minimum absolute atomic E-state index is 0.0239. The van der Waals surface area contributed by atoms with Crippen LogP contribution in [-0.2, 0) is 9.53 Å². The summed E-state index contributed by atoms with van der Waals surface area (Å²) in [5.74, 6) is -3.06. The van der Waals surface area contributed by atoms with Crippen LogP contribution in [0.2, 0.25) is 0 Å². The third-order valence-electron chi connectivity index (χ3n) is 3.62. The summed E-state index contributed by atoms with van der Waals surface area (Å²) in [6.07, 6.45) is -0.900. The van der Waals surface area contributed by atoms with Gasteiger partial charge in [0.25, 0.3) is 0 Å². The number of hydrogen-bond acceptors (Lipinski definition) is 2. The number of carbonyl (C=O) groups excluding carboxylic acids is 1. The quantitative estimate of drug-likeness (QED) is 0.618. The molecule has 0 aliphatic carbocycles. The predicted molar refractivity (Wildman–Crippen MR) is 73.5 cm³/mol. The molecule has 0 N–H and O–H groups in total. The molecule has 1 heterocycles. The van der Waals surface area contributed by atoms with Crippen LogP contribution in [0.4, 0.5) is 8.78 Å². The Morgan fingerprint density at radius 2 is 1.71 bits per heavy atom. The minimum atomic E-state index is -0.995. The maximum Gasteiger partial charge on any atom is 0.334 e. The molecule has 106 valence electrons. The Balaban J connectivity index is 2.10. The van der Waals surface area contributed by atoms with Crippen LogP contribution in [0.15, 0.2) is 60.7 Å². The van der Waals surface area contributed by atoms with Gasteiger partial charge in [0, 0.05) is 11.1 Å². The molecule has 1 saturated heterocycles. The molecule has 1 fully saturated rings. The second-order valence-corrected chi connectivity index (χ2v) is 4.88. The van der Waals surface area contributed by atoms with E-state index in [1.54, 1.807) is 0 Å². The fraction of sp³-hybridized carbons (Fsp3) is 0.118. The molecule has 0 radical (unpaired) electrons. The van der Waals surface area contributed by atoms with Gasteiger partial charge in [-0.1, -0.05) is 49.0 Å². The number of benzene rings is 2. The van der Waals surface area contributed by atoms with Crippen LogP contribution < -0.4 is 0 Å². The summed E-state index contributed by atoms with van der Waals surface area (Å²) >= 11 is 0. The third kappa shape index (κ3) is 2.23. The zero-order chi connectivity index (χ0) is 15.0. The van der Waals surface area contributed by atoms with Crippen molar-refractivity contribution in [3.05, 3.63) is 83.4 Å². The molecule has 1 aliphatic heterocycles. The van der Waals surface area contributed by atoms with Gasteiger partial charge < -0.3 is 4.74 Å². The van der Waals surface area contributed by atoms with E-state index in [9.17, 15) is 13.6 Å². The standard InChI is InChI=1S/C17H12F2O2/c1-10-14(11-6-3-2-4-7-11)16(21-17(10)20)12-8-5-9-13(18)15(12)19/h2-9,14,16H,1H2/t14-,16+/m0/s1. The van der Waals surface area contributed by atoms with Gasteiger partial charge in [0.15, 0.2) is 11.6 Å². The van der Waals surface area contributed by atoms with E-state index in [2.05, 4.69) is 6.58 Å². The van der Waals surface area contributed by atoms with Crippen LogP contribution in [-0.4, -0.2) is 5.97 Å². The summed E-state index contributed by atoms with van der Waals surface area (Å²) in [6.45, 7) is 3.73. The first-order valence-corrected chi connectivity index (χ1v) is 6.48. The van der Waals surface area contributed by atoms with Gasteiger partial charge in [0.1, 0.15) is 6.10 Å². The van der Waals surface area contributed by atoms with E-state index in [4.69, 9.17) is 4.74 Å². The van der Waals surface area contributed by atoms with Gasteiger partial charge in [-0.3, -0.25) is 0 Å². The number of carbonyl (C=O) groups is 1. The number of hydrogen-bond donors (Lipinski definition) is 0. The molecule has 0 saturated carbocycles. The van der Waals surface area contributed by atoms with Gasteiger partial charge in [0.2, 0.25) is 0 Å². The molecule has 0 aromatic heterocycles. The summed E-state index contributed by atoms with van der Waals surface area (Å²) in [7, 11) is 0. The lowest BCUT2D eigenvalue weighted by atomic mass is 9.86. The zero-order valence-corrected chi connectivity index (χ0v) is 11.1. The van der Waals surface area contributed by atoms with Crippen molar-refractivity contribution in [2.45, 2.75) is 12.0 Å². The average molecular weight is 286 g/mol. The lowest BCUT2D eigenvalue weighted by Crippen LogP contribution is -2.09. The summed E-state index contributed by atoms with van der Waals surface area (Å²) < 4.78 is 32.6. The normalized spacial score (nSPS) is 21.4. The van der Waals surface area contributed by atoms with Crippen molar-refractivity contribution in [1.82, 2.24) is 0 Å². The Bertz CT molecular complexity index is 710. The highest BCUT2D eigenvalue weighted by atomic mass is 19.2. The first kappa shape index (κ1) is 13.5. The third-order valence-corrected chi connectivity index (χ3v) is 3.62. The van der Waals surface area contributed by atoms with Gasteiger partial charge >= 0.3 is 5.97 Å². The lowest BCUT2D eigenvalue weighted by Gasteiger charge is -2.19. The Kier molecular flexibility index (Phi) is 3.29. The van der Waals surface area contributed by atoms with Gasteiger partial charge in [-0.25, -0.2) is 13.6 Å². The fourth-order valence-electron chi connectivity index (χ4n) is 2.59. The molecule has 2 nitrogen and oxygen atoms in total. The largest absolute Gasteiger partial charge is 0.453 e. The molecule has 1 aliphatic rings. The van der Waals surface area contributed by atoms with Gasteiger partial charge in [-0.15, -0.1) is 0 Å². The fourth-order valence-corrected chi connectivity index (χ4v) is 2.59. The van der Waals surface area contributed by atoms with E-state index in [1.165, 1.54) is 12.1 Å². The monoisotopic (exact) mass is 286 g/mol. The molecule has 0 amide bonds. The van der Waals surface area contributed by atoms with Crippen LogP contribution in [0, 0.1) is 11.6 Å². The molecule has 2 aromatic rings. The van der Waals surface area contributed by atoms with E-state index in [0.717, 1.165) is 11.6 Å². The second-order valence-electron chi connectivity index (χ2n) is 4.88. The maximum absolute atomic E-state index is 14.0. The van der Waals surface area contributed by atoms with E-state index in [-0.39, 0.29) is 11.1 Å². The molecule has 21 heavy (non-hydrogen) atoms. The number of cyclic esters (lactones) is 1. The van der Waals surface area contributed by atoms with Gasteiger partial charge in [-0.2, -0.15) is 0 Å². The maximum atomic E-state index is 14.0. The molecule has 2 aromatic carbocycles. The number of esters is 1. The first-order valence-electron chi connectivity index (χ1n) is 6.48.